The average Bonchev–Trinajstić information content (AvgIpc) is 2.70. The predicted octanol–water partition coefficient (Wildman–Crippen LogP) is 4.56. The minimum atomic E-state index is 0. The molecule has 1 aliphatic carbocycles. The van der Waals surface area contributed by atoms with Gasteiger partial charge in [0.15, 0.2) is 0 Å². The third kappa shape index (κ3) is 4.05. The first-order chi connectivity index (χ1) is 7.68. The van der Waals surface area contributed by atoms with Crippen LogP contribution in [0.3, 0.4) is 0 Å². The fourth-order valence-electron chi connectivity index (χ4n) is 2.25. The van der Waals surface area contributed by atoms with Gasteiger partial charge in [0.1, 0.15) is 0 Å². The van der Waals surface area contributed by atoms with Gasteiger partial charge in [-0.3, -0.25) is 0 Å². The summed E-state index contributed by atoms with van der Waals surface area (Å²) in [6, 6.07) is 6.02. The largest absolute Gasteiger partial charge is 0.0836 e. The van der Waals surface area contributed by atoms with Crippen LogP contribution < -0.4 is 0 Å². The van der Waals surface area contributed by atoms with Crippen LogP contribution in [0.1, 0.15) is 36.8 Å². The van der Waals surface area contributed by atoms with Crippen LogP contribution in [0.2, 0.25) is 5.02 Å². The van der Waals surface area contributed by atoms with E-state index < -0.39 is 0 Å². The Bertz CT molecular complexity index is 382. The van der Waals surface area contributed by atoms with E-state index in [4.69, 9.17) is 23.8 Å². The zero-order valence-electron chi connectivity index (χ0n) is 10.4. The van der Waals surface area contributed by atoms with E-state index in [-0.39, 0.29) is 18.9 Å². The Kier molecular flexibility index (Phi) is 6.71. The van der Waals surface area contributed by atoms with Gasteiger partial charge >= 0.3 is 0 Å². The zero-order valence-corrected chi connectivity index (χ0v) is 13.0. The van der Waals surface area contributed by atoms with E-state index in [1.54, 1.807) is 0 Å². The molecule has 0 N–H and O–H groups in total. The molecule has 1 aromatic rings. The maximum absolute atomic E-state index is 6.23. The van der Waals surface area contributed by atoms with Crippen molar-refractivity contribution in [2.45, 2.75) is 38.3 Å². The second kappa shape index (κ2) is 7.27. The summed E-state index contributed by atoms with van der Waals surface area (Å²) in [5, 5.41) is 0.815. The molecule has 87 valence electrons. The maximum Gasteiger partial charge on any atom is 0.0495 e. The van der Waals surface area contributed by atoms with Crippen LogP contribution in [0.25, 0.3) is 0 Å². The monoisotopic (exact) mass is 277 g/mol. The van der Waals surface area contributed by atoms with Gasteiger partial charge in [-0.05, 0) is 37.1 Å². The summed E-state index contributed by atoms with van der Waals surface area (Å²) in [5.41, 5.74) is 3.15. The van der Waals surface area contributed by atoms with Crippen LogP contribution in [0, 0.1) is 6.92 Å². The standard InChI is InChI=1S/C13H16ClPS.Li/c1-9-5-4-8-11(14)12(9)13(16)15-10-6-2-3-7-10;/h4-5,8,10,15H,2-3,6-7H2,1H3;. The van der Waals surface area contributed by atoms with Gasteiger partial charge in [0.25, 0.3) is 0 Å². The number of benzene rings is 1. The Morgan fingerprint density at radius 2 is 2.00 bits per heavy atom. The number of hydrogen-bond acceptors (Lipinski definition) is 1. The molecule has 17 heavy (non-hydrogen) atoms. The Morgan fingerprint density at radius 1 is 1.35 bits per heavy atom. The fraction of sp³-hybridized carbons (Fsp3) is 0.462. The van der Waals surface area contributed by atoms with Crippen molar-refractivity contribution in [3.63, 3.8) is 0 Å². The molecule has 0 saturated heterocycles. The first-order valence-electron chi connectivity index (χ1n) is 5.74. The molecule has 0 nitrogen and oxygen atoms in total. The van der Waals surface area contributed by atoms with Gasteiger partial charge in [-0.15, -0.1) is 0 Å². The van der Waals surface area contributed by atoms with Gasteiger partial charge in [-0.25, -0.2) is 0 Å². The molecule has 0 amide bonds. The topological polar surface area (TPSA) is 0 Å². The smallest absolute Gasteiger partial charge is 0.0495 e. The number of rotatable bonds is 3. The van der Waals surface area contributed by atoms with Crippen molar-refractivity contribution in [2.24, 2.45) is 0 Å². The fourth-order valence-corrected chi connectivity index (χ4v) is 5.01. The molecule has 4 heteroatoms. The molecule has 0 spiro atoms. The summed E-state index contributed by atoms with van der Waals surface area (Å²) in [6.45, 7) is 2.09. The second-order valence-corrected chi connectivity index (χ2v) is 7.17. The minimum absolute atomic E-state index is 0. The molecule has 1 aromatic carbocycles. The Labute approximate surface area is 128 Å². The van der Waals surface area contributed by atoms with Crippen molar-refractivity contribution in [2.75, 3.05) is 0 Å². The quantitative estimate of drug-likeness (QED) is 0.443. The van der Waals surface area contributed by atoms with Crippen molar-refractivity contribution >= 4 is 55.9 Å². The second-order valence-electron chi connectivity index (χ2n) is 4.39. The third-order valence-corrected chi connectivity index (χ3v) is 5.51. The predicted molar refractivity (Wildman–Crippen MR) is 84.2 cm³/mol. The summed E-state index contributed by atoms with van der Waals surface area (Å²) >= 11 is 11.8. The van der Waals surface area contributed by atoms with Gasteiger partial charge in [0.2, 0.25) is 0 Å². The van der Waals surface area contributed by atoms with Crippen LogP contribution >= 0.6 is 32.4 Å². The van der Waals surface area contributed by atoms with Crippen molar-refractivity contribution in [1.29, 1.82) is 0 Å². The average molecular weight is 278 g/mol. The zero-order chi connectivity index (χ0) is 11.5. The summed E-state index contributed by atoms with van der Waals surface area (Å²) in [4.78, 5) is 0. The molecule has 0 heterocycles. The number of hydrogen-bond donors (Lipinski definition) is 0. The van der Waals surface area contributed by atoms with Crippen LogP contribution in [0.5, 0.6) is 0 Å². The molecule has 1 atom stereocenters. The van der Waals surface area contributed by atoms with E-state index in [2.05, 4.69) is 13.0 Å². The van der Waals surface area contributed by atoms with Gasteiger partial charge in [0.05, 0.1) is 0 Å². The van der Waals surface area contributed by atoms with Crippen molar-refractivity contribution in [3.8, 4) is 0 Å². The number of halogens is 1. The Hall–Kier alpha value is 0.627. The summed E-state index contributed by atoms with van der Waals surface area (Å²) < 4.78 is 1.08. The van der Waals surface area contributed by atoms with E-state index in [1.165, 1.54) is 31.2 Å². The first kappa shape index (κ1) is 15.7. The summed E-state index contributed by atoms with van der Waals surface area (Å²) in [7, 11) is 0.777. The van der Waals surface area contributed by atoms with Gasteiger partial charge < -0.3 is 0 Å². The van der Waals surface area contributed by atoms with Gasteiger partial charge in [0, 0.05) is 34.1 Å². The molecular formula is C13H16ClLiPS. The molecule has 0 bridgehead atoms. The molecule has 0 aromatic heterocycles. The van der Waals surface area contributed by atoms with Crippen molar-refractivity contribution < 1.29 is 0 Å². The third-order valence-electron chi connectivity index (χ3n) is 3.14. The van der Waals surface area contributed by atoms with Crippen molar-refractivity contribution in [3.05, 3.63) is 34.3 Å². The van der Waals surface area contributed by atoms with E-state index in [0.29, 0.717) is 0 Å². The van der Waals surface area contributed by atoms with E-state index in [1.807, 2.05) is 12.1 Å². The van der Waals surface area contributed by atoms with Crippen LogP contribution in [-0.2, 0) is 0 Å². The molecule has 1 saturated carbocycles. The SMILES string of the molecule is Cc1cccc(Cl)c1C(=S)PC1CCCC1.[Li]. The molecule has 1 aliphatic rings. The molecule has 1 unspecified atom stereocenters. The summed E-state index contributed by atoms with van der Waals surface area (Å²) in [5.74, 6) is 0. The molecule has 0 aliphatic heterocycles. The molecule has 2 rings (SSSR count). The minimum Gasteiger partial charge on any atom is -0.0836 e. The van der Waals surface area contributed by atoms with E-state index in [0.717, 1.165) is 29.4 Å². The van der Waals surface area contributed by atoms with E-state index >= 15 is 0 Å². The molecule has 1 fully saturated rings. The maximum atomic E-state index is 6.23. The normalized spacial score (nSPS) is 16.4. The van der Waals surface area contributed by atoms with Gasteiger partial charge in [-0.1, -0.05) is 57.4 Å². The summed E-state index contributed by atoms with van der Waals surface area (Å²) in [6.07, 6.45) is 5.45. The number of aryl methyl sites for hydroxylation is 1. The van der Waals surface area contributed by atoms with Crippen LogP contribution in [0.15, 0.2) is 18.2 Å². The van der Waals surface area contributed by atoms with Crippen LogP contribution in [0.4, 0.5) is 0 Å². The van der Waals surface area contributed by atoms with Crippen LogP contribution in [-0.4, -0.2) is 29.1 Å². The molecule has 1 radical (unpaired) electrons. The Balaban J connectivity index is 0.00000144. The van der Waals surface area contributed by atoms with E-state index in [9.17, 15) is 0 Å². The van der Waals surface area contributed by atoms with Gasteiger partial charge in [-0.2, -0.15) is 0 Å². The molecular weight excluding hydrogens is 262 g/mol. The van der Waals surface area contributed by atoms with Crippen molar-refractivity contribution in [1.82, 2.24) is 0 Å². The number of thiocarbonyl (C=S) groups is 1. The first-order valence-corrected chi connectivity index (χ1v) is 7.61. The Morgan fingerprint density at radius 3 is 2.59 bits per heavy atom.